The summed E-state index contributed by atoms with van der Waals surface area (Å²) >= 11 is 0. The zero-order valence-electron chi connectivity index (χ0n) is 11.4. The van der Waals surface area contributed by atoms with E-state index < -0.39 is 0 Å². The van der Waals surface area contributed by atoms with Crippen LogP contribution < -0.4 is 5.73 Å². The van der Waals surface area contributed by atoms with Gasteiger partial charge in [0, 0.05) is 6.54 Å². The Morgan fingerprint density at radius 3 is 2.47 bits per heavy atom. The number of nitrogens with two attached hydrogens (primary N) is 1. The second kappa shape index (κ2) is 5.74. The molecular formula is C14H27N3. The monoisotopic (exact) mass is 237 g/mol. The zero-order chi connectivity index (χ0) is 12.3. The highest BCUT2D eigenvalue weighted by molar-refractivity contribution is 5.80. The largest absolute Gasteiger partial charge is 0.370 e. The lowest BCUT2D eigenvalue weighted by atomic mass is 9.91. The van der Waals surface area contributed by atoms with Gasteiger partial charge < -0.3 is 10.6 Å². The van der Waals surface area contributed by atoms with Crippen molar-refractivity contribution >= 4 is 5.96 Å². The van der Waals surface area contributed by atoms with E-state index in [1.807, 2.05) is 0 Å². The van der Waals surface area contributed by atoms with Gasteiger partial charge in [-0.1, -0.05) is 39.5 Å². The summed E-state index contributed by atoms with van der Waals surface area (Å²) in [5.74, 6) is 2.27. The molecule has 1 unspecified atom stereocenters. The minimum atomic E-state index is 0.593. The van der Waals surface area contributed by atoms with Gasteiger partial charge in [-0.15, -0.1) is 0 Å². The average molecular weight is 237 g/mol. The third-order valence-electron chi connectivity index (χ3n) is 4.14. The molecule has 0 spiro atoms. The first kappa shape index (κ1) is 12.7. The predicted octanol–water partition coefficient (Wildman–Crippen LogP) is 2.61. The van der Waals surface area contributed by atoms with Crippen LogP contribution in [0.1, 0.15) is 52.4 Å². The molecule has 1 fully saturated rings. The highest BCUT2D eigenvalue weighted by Gasteiger charge is 2.33. The number of hydrogen-bond donors (Lipinski definition) is 1. The van der Waals surface area contributed by atoms with E-state index in [0.29, 0.717) is 12.0 Å². The summed E-state index contributed by atoms with van der Waals surface area (Å²) in [6, 6.07) is 0.593. The first-order valence-electron chi connectivity index (χ1n) is 7.25. The normalized spacial score (nSPS) is 27.4. The van der Waals surface area contributed by atoms with Gasteiger partial charge in [-0.3, -0.25) is 4.99 Å². The topological polar surface area (TPSA) is 41.6 Å². The minimum absolute atomic E-state index is 0.593. The number of rotatable bonds is 3. The van der Waals surface area contributed by atoms with Crippen LogP contribution in [-0.4, -0.2) is 30.0 Å². The number of nitrogens with zero attached hydrogens (tertiary/aromatic N) is 2. The summed E-state index contributed by atoms with van der Waals surface area (Å²) in [6.45, 7) is 6.52. The Morgan fingerprint density at radius 1 is 1.24 bits per heavy atom. The number of hydrogen-bond acceptors (Lipinski definition) is 3. The van der Waals surface area contributed by atoms with Crippen LogP contribution in [0.4, 0.5) is 0 Å². The molecule has 2 aliphatic rings. The van der Waals surface area contributed by atoms with Crippen LogP contribution in [0.15, 0.2) is 4.99 Å². The lowest BCUT2D eigenvalue weighted by molar-refractivity contribution is 0.214. The second-order valence-corrected chi connectivity index (χ2v) is 6.06. The molecule has 1 aliphatic carbocycles. The molecule has 3 heteroatoms. The van der Waals surface area contributed by atoms with Crippen molar-refractivity contribution in [3.05, 3.63) is 0 Å². The van der Waals surface area contributed by atoms with Crippen molar-refractivity contribution in [2.75, 3.05) is 13.1 Å². The fraction of sp³-hybridized carbons (Fsp3) is 0.929. The molecule has 1 atom stereocenters. The Morgan fingerprint density at radius 2 is 1.88 bits per heavy atom. The number of guanidine groups is 1. The van der Waals surface area contributed by atoms with Crippen LogP contribution in [-0.2, 0) is 0 Å². The van der Waals surface area contributed by atoms with Crippen molar-refractivity contribution < 1.29 is 0 Å². The molecule has 0 aromatic rings. The van der Waals surface area contributed by atoms with Gasteiger partial charge in [0.05, 0.1) is 12.6 Å². The highest BCUT2D eigenvalue weighted by Crippen LogP contribution is 2.30. The summed E-state index contributed by atoms with van der Waals surface area (Å²) in [6.07, 6.45) is 8.39. The fourth-order valence-corrected chi connectivity index (χ4v) is 3.27. The molecule has 2 N–H and O–H groups in total. The molecule has 1 aliphatic heterocycles. The van der Waals surface area contributed by atoms with Gasteiger partial charge in [0.15, 0.2) is 5.96 Å². The van der Waals surface area contributed by atoms with Gasteiger partial charge in [0.2, 0.25) is 0 Å². The van der Waals surface area contributed by atoms with Crippen LogP contribution >= 0.6 is 0 Å². The average Bonchev–Trinajstić information content (AvgIpc) is 2.55. The lowest BCUT2D eigenvalue weighted by Crippen LogP contribution is -2.46. The van der Waals surface area contributed by atoms with Crippen molar-refractivity contribution in [3.8, 4) is 0 Å². The van der Waals surface area contributed by atoms with Crippen molar-refractivity contribution in [2.24, 2.45) is 22.6 Å². The van der Waals surface area contributed by atoms with Gasteiger partial charge in [0.1, 0.15) is 0 Å². The highest BCUT2D eigenvalue weighted by atomic mass is 15.3. The molecule has 0 saturated heterocycles. The minimum Gasteiger partial charge on any atom is -0.370 e. The van der Waals surface area contributed by atoms with Gasteiger partial charge >= 0.3 is 0 Å². The SMILES string of the molecule is CC(C)CN1C(N)=NCC1C1CCCCCC1. The summed E-state index contributed by atoms with van der Waals surface area (Å²) < 4.78 is 0. The Balaban J connectivity index is 1.98. The fourth-order valence-electron chi connectivity index (χ4n) is 3.27. The Hall–Kier alpha value is -0.730. The molecule has 1 heterocycles. The molecule has 0 bridgehead atoms. The van der Waals surface area contributed by atoms with E-state index >= 15 is 0 Å². The van der Waals surface area contributed by atoms with E-state index in [1.54, 1.807) is 0 Å². The quantitative estimate of drug-likeness (QED) is 0.767. The molecule has 17 heavy (non-hydrogen) atoms. The van der Waals surface area contributed by atoms with Crippen molar-refractivity contribution in [1.29, 1.82) is 0 Å². The van der Waals surface area contributed by atoms with Crippen molar-refractivity contribution in [2.45, 2.75) is 58.4 Å². The second-order valence-electron chi connectivity index (χ2n) is 6.06. The molecule has 0 aromatic carbocycles. The van der Waals surface area contributed by atoms with E-state index in [2.05, 4.69) is 23.7 Å². The van der Waals surface area contributed by atoms with Crippen LogP contribution in [0.2, 0.25) is 0 Å². The molecule has 98 valence electrons. The van der Waals surface area contributed by atoms with E-state index in [4.69, 9.17) is 5.73 Å². The third kappa shape index (κ3) is 3.14. The third-order valence-corrected chi connectivity index (χ3v) is 4.14. The molecule has 2 rings (SSSR count). The maximum Gasteiger partial charge on any atom is 0.191 e. The molecular weight excluding hydrogens is 210 g/mol. The number of aliphatic imine (C=N–C) groups is 1. The summed E-state index contributed by atoms with van der Waals surface area (Å²) in [5.41, 5.74) is 6.04. The van der Waals surface area contributed by atoms with Gasteiger partial charge in [0.25, 0.3) is 0 Å². The smallest absolute Gasteiger partial charge is 0.191 e. The Labute approximate surface area is 105 Å². The predicted molar refractivity (Wildman–Crippen MR) is 73.0 cm³/mol. The van der Waals surface area contributed by atoms with Crippen LogP contribution in [0.5, 0.6) is 0 Å². The van der Waals surface area contributed by atoms with Crippen LogP contribution in [0, 0.1) is 11.8 Å². The van der Waals surface area contributed by atoms with Gasteiger partial charge in [-0.05, 0) is 24.7 Å². The zero-order valence-corrected chi connectivity index (χ0v) is 11.4. The van der Waals surface area contributed by atoms with E-state index in [9.17, 15) is 0 Å². The maximum absolute atomic E-state index is 6.04. The Kier molecular flexibility index (Phi) is 4.30. The standard InChI is InChI=1S/C14H27N3/c1-11(2)10-17-13(9-16-14(17)15)12-7-5-3-4-6-8-12/h11-13H,3-10H2,1-2H3,(H2,15,16). The molecule has 0 amide bonds. The van der Waals surface area contributed by atoms with Crippen LogP contribution in [0.3, 0.4) is 0 Å². The van der Waals surface area contributed by atoms with Crippen molar-refractivity contribution in [3.63, 3.8) is 0 Å². The first-order valence-corrected chi connectivity index (χ1v) is 7.25. The summed E-state index contributed by atoms with van der Waals surface area (Å²) in [4.78, 5) is 6.85. The van der Waals surface area contributed by atoms with E-state index in [1.165, 1.54) is 38.5 Å². The van der Waals surface area contributed by atoms with E-state index in [0.717, 1.165) is 25.0 Å². The summed E-state index contributed by atoms with van der Waals surface area (Å²) in [5, 5.41) is 0. The molecule has 0 aromatic heterocycles. The Bertz CT molecular complexity index is 265. The van der Waals surface area contributed by atoms with Gasteiger partial charge in [-0.2, -0.15) is 0 Å². The van der Waals surface area contributed by atoms with Crippen LogP contribution in [0.25, 0.3) is 0 Å². The van der Waals surface area contributed by atoms with Crippen molar-refractivity contribution in [1.82, 2.24) is 4.90 Å². The first-order chi connectivity index (χ1) is 8.18. The lowest BCUT2D eigenvalue weighted by Gasteiger charge is -2.33. The summed E-state index contributed by atoms with van der Waals surface area (Å²) in [7, 11) is 0. The van der Waals surface area contributed by atoms with Gasteiger partial charge in [-0.25, -0.2) is 0 Å². The molecule has 3 nitrogen and oxygen atoms in total. The molecule has 0 radical (unpaired) electrons. The molecule has 1 saturated carbocycles. The maximum atomic E-state index is 6.04. The van der Waals surface area contributed by atoms with E-state index in [-0.39, 0.29) is 0 Å².